The van der Waals surface area contributed by atoms with Crippen molar-refractivity contribution >= 4 is 6.29 Å². The topological polar surface area (TPSA) is 57.5 Å². The summed E-state index contributed by atoms with van der Waals surface area (Å²) < 4.78 is 0. The standard InChI is InChI=1S/C22H32O3/c1-15-17(9-5-6-14-23)18-10-13-21(25)19(22(15)18)11-12-20(24)16-7-3-2-4-8-16/h9,14-16,18-22,24-25H,2-8,10,13H2,1H3/b17-9-/t15?,18-,19+,20?,21-,22+/m1/s1. The highest BCUT2D eigenvalue weighted by molar-refractivity contribution is 5.49. The molecule has 3 aliphatic rings. The molecule has 0 spiro atoms. The summed E-state index contributed by atoms with van der Waals surface area (Å²) in [5.41, 5.74) is 1.46. The molecule has 3 saturated carbocycles. The van der Waals surface area contributed by atoms with Crippen LogP contribution in [0.3, 0.4) is 0 Å². The number of fused-ring (bicyclic) bond motifs is 1. The van der Waals surface area contributed by atoms with Gasteiger partial charge in [0.05, 0.1) is 12.0 Å². The first-order valence-electron chi connectivity index (χ1n) is 10.1. The van der Waals surface area contributed by atoms with Crippen LogP contribution in [0.2, 0.25) is 0 Å². The summed E-state index contributed by atoms with van der Waals surface area (Å²) in [6, 6.07) is 0. The van der Waals surface area contributed by atoms with Gasteiger partial charge in [0.15, 0.2) is 0 Å². The van der Waals surface area contributed by atoms with Gasteiger partial charge in [0, 0.05) is 6.42 Å². The number of aldehydes is 1. The summed E-state index contributed by atoms with van der Waals surface area (Å²) >= 11 is 0. The number of carbonyl (C=O) groups excluding carboxylic acids is 1. The van der Waals surface area contributed by atoms with Gasteiger partial charge in [0.25, 0.3) is 0 Å². The van der Waals surface area contributed by atoms with E-state index in [4.69, 9.17) is 0 Å². The average molecular weight is 344 g/mol. The minimum Gasteiger partial charge on any atom is -0.392 e. The monoisotopic (exact) mass is 344 g/mol. The Hall–Kier alpha value is -1.11. The maximum absolute atomic E-state index is 10.5. The van der Waals surface area contributed by atoms with Crippen LogP contribution in [0.5, 0.6) is 0 Å². The van der Waals surface area contributed by atoms with E-state index in [-0.39, 0.29) is 12.0 Å². The maximum Gasteiger partial charge on any atom is 0.120 e. The molecule has 0 aromatic carbocycles. The molecule has 0 saturated heterocycles. The number of rotatable bonds is 4. The average Bonchev–Trinajstić information content (AvgIpc) is 2.64. The zero-order valence-electron chi connectivity index (χ0n) is 15.4. The number of aliphatic hydroxyl groups excluding tert-OH is 2. The molecule has 0 bridgehead atoms. The summed E-state index contributed by atoms with van der Waals surface area (Å²) in [6.07, 6.45) is 11.4. The Morgan fingerprint density at radius 3 is 2.64 bits per heavy atom. The third-order valence-corrected chi connectivity index (χ3v) is 6.76. The van der Waals surface area contributed by atoms with E-state index < -0.39 is 6.10 Å². The van der Waals surface area contributed by atoms with Crippen molar-refractivity contribution < 1.29 is 15.0 Å². The second-order valence-corrected chi connectivity index (χ2v) is 8.22. The van der Waals surface area contributed by atoms with Gasteiger partial charge in [-0.05, 0) is 55.8 Å². The number of aliphatic hydroxyl groups is 2. The van der Waals surface area contributed by atoms with Crippen molar-refractivity contribution in [3.8, 4) is 11.8 Å². The fourth-order valence-electron chi connectivity index (χ4n) is 5.32. The lowest BCUT2D eigenvalue weighted by Gasteiger charge is -2.53. The van der Waals surface area contributed by atoms with Gasteiger partial charge in [-0.15, -0.1) is 0 Å². The summed E-state index contributed by atoms with van der Waals surface area (Å²) in [5.74, 6) is 8.03. The van der Waals surface area contributed by atoms with Crippen LogP contribution in [-0.2, 0) is 4.79 Å². The highest BCUT2D eigenvalue weighted by atomic mass is 16.3. The van der Waals surface area contributed by atoms with E-state index in [2.05, 4.69) is 24.8 Å². The molecule has 138 valence electrons. The van der Waals surface area contributed by atoms with E-state index in [0.717, 1.165) is 38.4 Å². The van der Waals surface area contributed by atoms with Crippen molar-refractivity contribution in [1.82, 2.24) is 0 Å². The van der Waals surface area contributed by atoms with Gasteiger partial charge >= 0.3 is 0 Å². The maximum atomic E-state index is 10.5. The first-order valence-corrected chi connectivity index (χ1v) is 10.1. The van der Waals surface area contributed by atoms with Crippen LogP contribution >= 0.6 is 0 Å². The summed E-state index contributed by atoms with van der Waals surface area (Å²) in [6.45, 7) is 2.22. The second kappa shape index (κ2) is 8.52. The van der Waals surface area contributed by atoms with Crippen molar-refractivity contribution in [2.75, 3.05) is 0 Å². The van der Waals surface area contributed by atoms with E-state index in [1.165, 1.54) is 24.8 Å². The molecular formula is C22H32O3. The first kappa shape index (κ1) is 18.7. The molecule has 2 unspecified atom stereocenters. The highest BCUT2D eigenvalue weighted by Gasteiger charge is 2.50. The molecule has 0 amide bonds. The number of hydrogen-bond acceptors (Lipinski definition) is 3. The Bertz CT molecular complexity index is 549. The van der Waals surface area contributed by atoms with Gasteiger partial charge in [0.1, 0.15) is 12.4 Å². The molecule has 3 aliphatic carbocycles. The summed E-state index contributed by atoms with van der Waals surface area (Å²) in [5, 5.41) is 20.9. The Kier molecular flexibility index (Phi) is 6.36. The van der Waals surface area contributed by atoms with E-state index in [9.17, 15) is 15.0 Å². The molecular weight excluding hydrogens is 312 g/mol. The fraction of sp³-hybridized carbons (Fsp3) is 0.773. The number of hydrogen-bond donors (Lipinski definition) is 2. The molecule has 0 aliphatic heterocycles. The van der Waals surface area contributed by atoms with E-state index in [1.54, 1.807) is 0 Å². The first-order chi connectivity index (χ1) is 12.1. The molecule has 6 atom stereocenters. The SMILES string of the molecule is CC1/C(=C/CCC=O)[C@H]2CC[C@@H](O)[C@H](C#CC(O)C3CCCCC3)[C@@H]12. The predicted molar refractivity (Wildman–Crippen MR) is 98.6 cm³/mol. The largest absolute Gasteiger partial charge is 0.392 e. The van der Waals surface area contributed by atoms with Crippen LogP contribution < -0.4 is 0 Å². The molecule has 0 heterocycles. The molecule has 3 fully saturated rings. The van der Waals surface area contributed by atoms with Crippen LogP contribution in [0.15, 0.2) is 11.6 Å². The molecule has 25 heavy (non-hydrogen) atoms. The van der Waals surface area contributed by atoms with Gasteiger partial charge in [-0.1, -0.05) is 49.7 Å². The van der Waals surface area contributed by atoms with Crippen molar-refractivity contribution in [2.24, 2.45) is 29.6 Å². The minimum absolute atomic E-state index is 0.0183. The molecule has 2 N–H and O–H groups in total. The summed E-state index contributed by atoms with van der Waals surface area (Å²) in [7, 11) is 0. The molecule has 0 radical (unpaired) electrons. The van der Waals surface area contributed by atoms with E-state index >= 15 is 0 Å². The van der Waals surface area contributed by atoms with Crippen molar-refractivity contribution in [3.63, 3.8) is 0 Å². The number of allylic oxidation sites excluding steroid dienone is 2. The van der Waals surface area contributed by atoms with Crippen LogP contribution in [0.25, 0.3) is 0 Å². The van der Waals surface area contributed by atoms with Gasteiger partial charge in [0.2, 0.25) is 0 Å². The molecule has 3 rings (SSSR count). The van der Waals surface area contributed by atoms with Gasteiger partial charge in [-0.3, -0.25) is 0 Å². The van der Waals surface area contributed by atoms with Crippen molar-refractivity contribution in [3.05, 3.63) is 11.6 Å². The van der Waals surface area contributed by atoms with Crippen LogP contribution in [-0.4, -0.2) is 28.7 Å². The lowest BCUT2D eigenvalue weighted by atomic mass is 9.51. The Morgan fingerprint density at radius 2 is 1.92 bits per heavy atom. The molecule has 3 heteroatoms. The van der Waals surface area contributed by atoms with Crippen LogP contribution in [0.1, 0.15) is 64.7 Å². The smallest absolute Gasteiger partial charge is 0.120 e. The zero-order valence-corrected chi connectivity index (χ0v) is 15.4. The lowest BCUT2D eigenvalue weighted by molar-refractivity contribution is -0.107. The highest BCUT2D eigenvalue weighted by Crippen LogP contribution is 2.55. The molecule has 3 nitrogen and oxygen atoms in total. The fourth-order valence-corrected chi connectivity index (χ4v) is 5.32. The van der Waals surface area contributed by atoms with E-state index in [0.29, 0.717) is 30.1 Å². The third-order valence-electron chi connectivity index (χ3n) is 6.76. The normalized spacial score (nSPS) is 38.2. The second-order valence-electron chi connectivity index (χ2n) is 8.22. The van der Waals surface area contributed by atoms with Crippen LogP contribution in [0.4, 0.5) is 0 Å². The van der Waals surface area contributed by atoms with Gasteiger partial charge in [-0.2, -0.15) is 0 Å². The lowest BCUT2D eigenvalue weighted by Crippen LogP contribution is -2.50. The summed E-state index contributed by atoms with van der Waals surface area (Å²) in [4.78, 5) is 10.5. The Balaban J connectivity index is 1.66. The minimum atomic E-state index is -0.536. The number of carbonyl (C=O) groups is 1. The quantitative estimate of drug-likeness (QED) is 0.355. The molecule has 0 aromatic rings. The zero-order chi connectivity index (χ0) is 17.8. The van der Waals surface area contributed by atoms with Crippen molar-refractivity contribution in [1.29, 1.82) is 0 Å². The van der Waals surface area contributed by atoms with E-state index in [1.807, 2.05) is 0 Å². The third kappa shape index (κ3) is 4.01. The van der Waals surface area contributed by atoms with Crippen molar-refractivity contribution in [2.45, 2.75) is 76.9 Å². The Morgan fingerprint density at radius 1 is 1.16 bits per heavy atom. The van der Waals surface area contributed by atoms with Crippen LogP contribution in [0, 0.1) is 41.4 Å². The number of unbranched alkanes of at least 4 members (excludes halogenated alkanes) is 1. The van der Waals surface area contributed by atoms with Gasteiger partial charge < -0.3 is 15.0 Å². The Labute approximate surface area is 151 Å². The van der Waals surface area contributed by atoms with Gasteiger partial charge in [-0.25, -0.2) is 0 Å². The molecule has 0 aromatic heterocycles. The predicted octanol–water partition coefficient (Wildman–Crippen LogP) is 3.49.